The molecule has 1 N–H and O–H groups in total. The average Bonchev–Trinajstić information content (AvgIpc) is 2.52. The molecule has 0 atom stereocenters. The molecule has 0 spiro atoms. The second-order valence-corrected chi connectivity index (χ2v) is 5.41. The number of carbonyl (C=O) groups is 1. The number of halogens is 4. The highest BCUT2D eigenvalue weighted by Crippen LogP contribution is 2.19. The molecule has 0 aliphatic carbocycles. The van der Waals surface area contributed by atoms with Crippen LogP contribution in [0.1, 0.15) is 11.1 Å². The van der Waals surface area contributed by atoms with Crippen LogP contribution in [0.5, 0.6) is 5.75 Å². The summed E-state index contributed by atoms with van der Waals surface area (Å²) in [4.78, 5) is 11.8. The molecule has 1 amide bonds. The summed E-state index contributed by atoms with van der Waals surface area (Å²) in [5, 5.41) is 2.87. The second kappa shape index (κ2) is 8.59. The molecule has 128 valence electrons. The summed E-state index contributed by atoms with van der Waals surface area (Å²) in [5.74, 6) is -0.793. The lowest BCUT2D eigenvalue weighted by Gasteiger charge is -2.08. The highest BCUT2D eigenvalue weighted by atomic mass is 35.5. The molecule has 0 aliphatic heterocycles. The Labute approximate surface area is 142 Å². The third-order valence-corrected chi connectivity index (χ3v) is 3.64. The van der Waals surface area contributed by atoms with Gasteiger partial charge in [-0.05, 0) is 36.2 Å². The van der Waals surface area contributed by atoms with Crippen molar-refractivity contribution in [2.24, 2.45) is 0 Å². The molecule has 0 saturated carbocycles. The summed E-state index contributed by atoms with van der Waals surface area (Å²) < 4.78 is 41.9. The molecule has 0 bridgehead atoms. The van der Waals surface area contributed by atoms with Gasteiger partial charge < -0.3 is 10.1 Å². The predicted octanol–water partition coefficient (Wildman–Crippen LogP) is 3.98. The van der Waals surface area contributed by atoms with E-state index in [1.807, 2.05) is 0 Å². The molecule has 0 aromatic heterocycles. The van der Waals surface area contributed by atoms with E-state index in [-0.39, 0.29) is 28.7 Å². The number of rotatable bonds is 7. The first-order valence-corrected chi connectivity index (χ1v) is 7.57. The summed E-state index contributed by atoms with van der Waals surface area (Å²) in [6.07, 6.45) is 0.359. The van der Waals surface area contributed by atoms with Gasteiger partial charge in [0.2, 0.25) is 5.91 Å². The monoisotopic (exact) mass is 357 g/mol. The Kier molecular flexibility index (Phi) is 6.49. The first kappa shape index (κ1) is 18.1. The second-order valence-electron chi connectivity index (χ2n) is 5.00. The quantitative estimate of drug-likeness (QED) is 0.814. The molecule has 2 aromatic carbocycles. The lowest BCUT2D eigenvalue weighted by molar-refractivity contribution is -0.120. The molecule has 7 heteroatoms. The van der Waals surface area contributed by atoms with Crippen LogP contribution in [0.3, 0.4) is 0 Å². The van der Waals surface area contributed by atoms with E-state index in [1.54, 1.807) is 12.1 Å². The summed E-state index contributed by atoms with van der Waals surface area (Å²) >= 11 is 5.87. The van der Waals surface area contributed by atoms with E-state index in [1.165, 1.54) is 30.3 Å². The molecule has 2 rings (SSSR count). The Morgan fingerprint density at radius 3 is 2.50 bits per heavy atom. The third kappa shape index (κ3) is 5.45. The summed E-state index contributed by atoms with van der Waals surface area (Å²) in [6, 6.07) is 10.4. The van der Waals surface area contributed by atoms with E-state index in [0.29, 0.717) is 13.0 Å². The van der Waals surface area contributed by atoms with E-state index in [4.69, 9.17) is 11.6 Å². The van der Waals surface area contributed by atoms with Crippen LogP contribution >= 0.6 is 11.6 Å². The van der Waals surface area contributed by atoms with E-state index in [0.717, 1.165) is 5.56 Å². The summed E-state index contributed by atoms with van der Waals surface area (Å²) in [7, 11) is 0. The zero-order valence-electron chi connectivity index (χ0n) is 12.6. The van der Waals surface area contributed by atoms with Gasteiger partial charge in [-0.3, -0.25) is 4.79 Å². The van der Waals surface area contributed by atoms with Gasteiger partial charge in [-0.15, -0.1) is 0 Å². The molecule has 24 heavy (non-hydrogen) atoms. The highest BCUT2D eigenvalue weighted by Gasteiger charge is 2.11. The van der Waals surface area contributed by atoms with Crippen molar-refractivity contribution in [1.29, 1.82) is 0 Å². The van der Waals surface area contributed by atoms with Gasteiger partial charge in [-0.2, -0.15) is 8.78 Å². The van der Waals surface area contributed by atoms with Crippen LogP contribution in [0.4, 0.5) is 13.2 Å². The van der Waals surface area contributed by atoms with Crippen LogP contribution in [0.2, 0.25) is 5.02 Å². The maximum atomic E-state index is 13.6. The zero-order valence-corrected chi connectivity index (χ0v) is 13.3. The third-order valence-electron chi connectivity index (χ3n) is 3.28. The Bertz CT molecular complexity index is 672. The van der Waals surface area contributed by atoms with Gasteiger partial charge in [-0.1, -0.05) is 29.8 Å². The van der Waals surface area contributed by atoms with Crippen LogP contribution in [-0.2, 0) is 17.6 Å². The lowest BCUT2D eigenvalue weighted by atomic mass is 10.1. The Balaban J connectivity index is 1.80. The van der Waals surface area contributed by atoms with Crippen molar-refractivity contribution >= 4 is 17.5 Å². The van der Waals surface area contributed by atoms with Gasteiger partial charge in [0.05, 0.1) is 6.42 Å². The fourth-order valence-corrected chi connectivity index (χ4v) is 2.34. The molecule has 0 fully saturated rings. The van der Waals surface area contributed by atoms with E-state index >= 15 is 0 Å². The van der Waals surface area contributed by atoms with Crippen molar-refractivity contribution in [3.8, 4) is 5.75 Å². The van der Waals surface area contributed by atoms with E-state index < -0.39 is 12.4 Å². The summed E-state index contributed by atoms with van der Waals surface area (Å²) in [5.41, 5.74) is 1.01. The molecule has 3 nitrogen and oxygen atoms in total. The predicted molar refractivity (Wildman–Crippen MR) is 84.9 cm³/mol. The number of amides is 1. The lowest BCUT2D eigenvalue weighted by Crippen LogP contribution is -2.27. The normalized spacial score (nSPS) is 10.7. The highest BCUT2D eigenvalue weighted by molar-refractivity contribution is 6.31. The standard InChI is InChI=1S/C17H15ClF3NO2/c18-14-2-1-3-15(19)13(14)10-16(23)22-9-8-11-4-6-12(7-5-11)24-17(20)21/h1-7,17H,8-10H2,(H,22,23). The van der Waals surface area contributed by atoms with Crippen molar-refractivity contribution in [2.75, 3.05) is 6.54 Å². The SMILES string of the molecule is O=C(Cc1c(F)cccc1Cl)NCCc1ccc(OC(F)F)cc1. The molecule has 0 unspecified atom stereocenters. The zero-order chi connectivity index (χ0) is 17.5. The van der Waals surface area contributed by atoms with Crippen molar-refractivity contribution in [1.82, 2.24) is 5.32 Å². The Hall–Kier alpha value is -2.21. The van der Waals surface area contributed by atoms with Gasteiger partial charge >= 0.3 is 6.61 Å². The fourth-order valence-electron chi connectivity index (χ4n) is 2.11. The van der Waals surface area contributed by atoms with Crippen molar-refractivity contribution in [2.45, 2.75) is 19.5 Å². The number of benzene rings is 2. The van der Waals surface area contributed by atoms with Gasteiger partial charge in [0.15, 0.2) is 0 Å². The van der Waals surface area contributed by atoms with Crippen LogP contribution in [0.25, 0.3) is 0 Å². The minimum Gasteiger partial charge on any atom is -0.435 e. The van der Waals surface area contributed by atoms with Gasteiger partial charge in [0.25, 0.3) is 0 Å². The molecule has 2 aromatic rings. The number of hydrogen-bond donors (Lipinski definition) is 1. The Morgan fingerprint density at radius 1 is 1.17 bits per heavy atom. The topological polar surface area (TPSA) is 38.3 Å². The van der Waals surface area contributed by atoms with Gasteiger partial charge in [-0.25, -0.2) is 4.39 Å². The van der Waals surface area contributed by atoms with Gasteiger partial charge in [0, 0.05) is 17.1 Å². The first-order valence-electron chi connectivity index (χ1n) is 7.19. The minimum absolute atomic E-state index is 0.0759. The molecular weight excluding hydrogens is 343 g/mol. The summed E-state index contributed by atoms with van der Waals surface area (Å²) in [6.45, 7) is -2.53. The van der Waals surface area contributed by atoms with E-state index in [2.05, 4.69) is 10.1 Å². The molecule has 0 aliphatic rings. The molecule has 0 heterocycles. The van der Waals surface area contributed by atoms with Gasteiger partial charge in [0.1, 0.15) is 11.6 Å². The fraction of sp³-hybridized carbons (Fsp3) is 0.235. The maximum absolute atomic E-state index is 13.6. The first-order chi connectivity index (χ1) is 11.5. The van der Waals surface area contributed by atoms with Crippen LogP contribution in [-0.4, -0.2) is 19.1 Å². The van der Waals surface area contributed by atoms with E-state index in [9.17, 15) is 18.0 Å². The Morgan fingerprint density at radius 2 is 1.88 bits per heavy atom. The number of ether oxygens (including phenoxy) is 1. The van der Waals surface area contributed by atoms with Crippen molar-refractivity contribution in [3.63, 3.8) is 0 Å². The minimum atomic E-state index is -2.86. The van der Waals surface area contributed by atoms with Crippen LogP contribution < -0.4 is 10.1 Å². The van der Waals surface area contributed by atoms with Crippen molar-refractivity contribution < 1.29 is 22.7 Å². The van der Waals surface area contributed by atoms with Crippen molar-refractivity contribution in [3.05, 3.63) is 64.4 Å². The largest absolute Gasteiger partial charge is 0.435 e. The average molecular weight is 358 g/mol. The molecule has 0 saturated heterocycles. The number of nitrogens with one attached hydrogen (secondary N) is 1. The smallest absolute Gasteiger partial charge is 0.387 e. The molecule has 0 radical (unpaired) electrons. The number of alkyl halides is 2. The van der Waals surface area contributed by atoms with Crippen LogP contribution in [0.15, 0.2) is 42.5 Å². The number of carbonyl (C=O) groups excluding carboxylic acids is 1. The van der Waals surface area contributed by atoms with Crippen LogP contribution in [0, 0.1) is 5.82 Å². The molecular formula is C17H15ClF3NO2. The maximum Gasteiger partial charge on any atom is 0.387 e. The number of hydrogen-bond acceptors (Lipinski definition) is 2.